The number of anilines is 1. The Bertz CT molecular complexity index is 491. The summed E-state index contributed by atoms with van der Waals surface area (Å²) < 4.78 is 0. The fourth-order valence-electron chi connectivity index (χ4n) is 1.82. The first-order valence-corrected chi connectivity index (χ1v) is 8.07. The van der Waals surface area contributed by atoms with Crippen LogP contribution in [0.4, 0.5) is 5.13 Å². The molecular weight excluding hydrogens is 286 g/mol. The largest absolute Gasteiger partial charge is 0.333 e. The van der Waals surface area contributed by atoms with Crippen LogP contribution in [0, 0.1) is 12.3 Å². The molecule has 21 heavy (non-hydrogen) atoms. The molecule has 0 spiro atoms. The Labute approximate surface area is 130 Å². The second-order valence-electron chi connectivity index (χ2n) is 6.15. The molecule has 1 heterocycles. The summed E-state index contributed by atoms with van der Waals surface area (Å²) in [5, 5.41) is 3.33. The predicted molar refractivity (Wildman–Crippen MR) is 86.4 cm³/mol. The maximum absolute atomic E-state index is 12.4. The molecule has 0 radical (unpaired) electrons. The average Bonchev–Trinajstić information content (AvgIpc) is 2.77. The summed E-state index contributed by atoms with van der Waals surface area (Å²) >= 11 is 1.43. The molecule has 0 aliphatic carbocycles. The van der Waals surface area contributed by atoms with Gasteiger partial charge >= 0.3 is 0 Å². The van der Waals surface area contributed by atoms with Gasteiger partial charge in [-0.2, -0.15) is 0 Å². The molecule has 6 heteroatoms. The fourth-order valence-corrected chi connectivity index (χ4v) is 2.50. The zero-order valence-corrected chi connectivity index (χ0v) is 14.3. The minimum Gasteiger partial charge on any atom is -0.333 e. The summed E-state index contributed by atoms with van der Waals surface area (Å²) in [4.78, 5) is 31.3. The van der Waals surface area contributed by atoms with Crippen molar-refractivity contribution in [2.24, 2.45) is 5.41 Å². The molecule has 0 saturated carbocycles. The van der Waals surface area contributed by atoms with E-state index in [-0.39, 0.29) is 18.4 Å². The zero-order chi connectivity index (χ0) is 16.0. The number of amides is 2. The van der Waals surface area contributed by atoms with E-state index in [4.69, 9.17) is 0 Å². The van der Waals surface area contributed by atoms with Crippen LogP contribution in [-0.4, -0.2) is 34.8 Å². The van der Waals surface area contributed by atoms with Gasteiger partial charge in [-0.3, -0.25) is 9.59 Å². The second kappa shape index (κ2) is 7.54. The molecule has 0 aliphatic heterocycles. The molecule has 5 nitrogen and oxygen atoms in total. The number of thiazole rings is 1. The Morgan fingerprint density at radius 1 is 1.38 bits per heavy atom. The van der Waals surface area contributed by atoms with E-state index in [9.17, 15) is 9.59 Å². The topological polar surface area (TPSA) is 62.3 Å². The van der Waals surface area contributed by atoms with Gasteiger partial charge in [0.15, 0.2) is 5.13 Å². The van der Waals surface area contributed by atoms with Gasteiger partial charge in [-0.1, -0.05) is 34.1 Å². The van der Waals surface area contributed by atoms with Gasteiger partial charge in [-0.25, -0.2) is 4.98 Å². The Balaban J connectivity index is 2.67. The number of hydrogen-bond acceptors (Lipinski definition) is 4. The molecular formula is C15H25N3O2S. The zero-order valence-electron chi connectivity index (χ0n) is 13.5. The molecule has 1 rings (SSSR count). The summed E-state index contributed by atoms with van der Waals surface area (Å²) in [7, 11) is 0. The van der Waals surface area contributed by atoms with Crippen LogP contribution in [0.25, 0.3) is 0 Å². The lowest BCUT2D eigenvalue weighted by Crippen LogP contribution is -2.44. The molecule has 2 amide bonds. The van der Waals surface area contributed by atoms with Crippen LogP contribution < -0.4 is 5.32 Å². The smallest absolute Gasteiger partial charge is 0.245 e. The number of carbonyl (C=O) groups is 2. The number of carbonyl (C=O) groups excluding carboxylic acids is 2. The molecule has 0 fully saturated rings. The molecule has 118 valence electrons. The fraction of sp³-hybridized carbons (Fsp3) is 0.667. The van der Waals surface area contributed by atoms with Crippen LogP contribution in [0.15, 0.2) is 6.20 Å². The Kier molecular flexibility index (Phi) is 6.33. The van der Waals surface area contributed by atoms with Crippen molar-refractivity contribution in [1.82, 2.24) is 9.88 Å². The van der Waals surface area contributed by atoms with Crippen molar-refractivity contribution in [2.45, 2.75) is 47.5 Å². The number of nitrogens with one attached hydrogen (secondary N) is 1. The Morgan fingerprint density at radius 3 is 2.52 bits per heavy atom. The minimum absolute atomic E-state index is 0.00131. The third-order valence-electron chi connectivity index (χ3n) is 2.91. The van der Waals surface area contributed by atoms with E-state index in [1.54, 1.807) is 11.1 Å². The van der Waals surface area contributed by atoms with Crippen molar-refractivity contribution in [2.75, 3.05) is 18.4 Å². The molecule has 1 aromatic rings. The first kappa shape index (κ1) is 17.6. The average molecular weight is 311 g/mol. The molecule has 0 atom stereocenters. The summed E-state index contributed by atoms with van der Waals surface area (Å²) in [5.74, 6) is -0.195. The van der Waals surface area contributed by atoms with E-state index < -0.39 is 5.41 Å². The lowest BCUT2D eigenvalue weighted by atomic mass is 9.94. The van der Waals surface area contributed by atoms with Gasteiger partial charge in [0, 0.05) is 23.0 Å². The summed E-state index contributed by atoms with van der Waals surface area (Å²) in [6.45, 7) is 10.3. The highest BCUT2D eigenvalue weighted by Gasteiger charge is 2.28. The first-order chi connectivity index (χ1) is 9.74. The third-order valence-corrected chi connectivity index (χ3v) is 3.74. The second-order valence-corrected chi connectivity index (χ2v) is 7.39. The van der Waals surface area contributed by atoms with Crippen molar-refractivity contribution in [3.05, 3.63) is 11.1 Å². The normalized spacial score (nSPS) is 11.3. The number of aromatic nitrogens is 1. The van der Waals surface area contributed by atoms with E-state index >= 15 is 0 Å². The van der Waals surface area contributed by atoms with E-state index in [1.165, 1.54) is 11.3 Å². The molecule has 1 N–H and O–H groups in total. The molecule has 0 aromatic carbocycles. The van der Waals surface area contributed by atoms with Crippen molar-refractivity contribution in [3.8, 4) is 0 Å². The van der Waals surface area contributed by atoms with Crippen LogP contribution in [0.1, 0.15) is 45.4 Å². The molecule has 1 aromatic heterocycles. The van der Waals surface area contributed by atoms with E-state index in [0.717, 1.165) is 17.7 Å². The highest BCUT2D eigenvalue weighted by Crippen LogP contribution is 2.19. The maximum atomic E-state index is 12.4. The standard InChI is InChI=1S/C15H25N3O2S/c1-6-7-8-18(13(20)15(3,4)5)10-12(19)17-14-16-9-11(2)21-14/h9H,6-8,10H2,1-5H3,(H,16,17,19). The number of unbranched alkanes of at least 4 members (excludes halogenated alkanes) is 1. The predicted octanol–water partition coefficient (Wildman–Crippen LogP) is 3.06. The van der Waals surface area contributed by atoms with Crippen LogP contribution in [0.3, 0.4) is 0 Å². The van der Waals surface area contributed by atoms with Gasteiger partial charge in [-0.15, -0.1) is 11.3 Å². The van der Waals surface area contributed by atoms with Crippen molar-refractivity contribution >= 4 is 28.3 Å². The SMILES string of the molecule is CCCCN(CC(=O)Nc1ncc(C)s1)C(=O)C(C)(C)C. The quantitative estimate of drug-likeness (QED) is 0.878. The minimum atomic E-state index is -0.480. The number of nitrogens with zero attached hydrogens (tertiary/aromatic N) is 2. The lowest BCUT2D eigenvalue weighted by molar-refractivity contribution is -0.141. The Morgan fingerprint density at radius 2 is 2.05 bits per heavy atom. The summed E-state index contributed by atoms with van der Waals surface area (Å²) in [6, 6.07) is 0. The van der Waals surface area contributed by atoms with Crippen LogP contribution >= 0.6 is 11.3 Å². The highest BCUT2D eigenvalue weighted by molar-refractivity contribution is 7.15. The van der Waals surface area contributed by atoms with Gasteiger partial charge in [0.2, 0.25) is 11.8 Å². The Hall–Kier alpha value is -1.43. The van der Waals surface area contributed by atoms with E-state index in [2.05, 4.69) is 17.2 Å². The van der Waals surface area contributed by atoms with Crippen molar-refractivity contribution in [1.29, 1.82) is 0 Å². The number of aryl methyl sites for hydroxylation is 1. The molecule has 0 unspecified atom stereocenters. The van der Waals surface area contributed by atoms with Gasteiger partial charge < -0.3 is 10.2 Å². The van der Waals surface area contributed by atoms with Crippen LogP contribution in [0.2, 0.25) is 0 Å². The molecule has 0 aliphatic rings. The molecule has 0 bridgehead atoms. The summed E-state index contributed by atoms with van der Waals surface area (Å²) in [6.07, 6.45) is 3.60. The van der Waals surface area contributed by atoms with Crippen molar-refractivity contribution < 1.29 is 9.59 Å². The number of rotatable bonds is 6. The van der Waals surface area contributed by atoms with Gasteiger partial charge in [0.05, 0.1) is 6.54 Å². The lowest BCUT2D eigenvalue weighted by Gasteiger charge is -2.28. The first-order valence-electron chi connectivity index (χ1n) is 7.25. The third kappa shape index (κ3) is 5.83. The highest BCUT2D eigenvalue weighted by atomic mass is 32.1. The van der Waals surface area contributed by atoms with Gasteiger partial charge in [-0.05, 0) is 13.3 Å². The van der Waals surface area contributed by atoms with Crippen LogP contribution in [-0.2, 0) is 9.59 Å². The molecule has 0 saturated heterocycles. The maximum Gasteiger partial charge on any atom is 0.245 e. The van der Waals surface area contributed by atoms with Gasteiger partial charge in [0.1, 0.15) is 0 Å². The summed E-state index contributed by atoms with van der Waals surface area (Å²) in [5.41, 5.74) is -0.480. The van der Waals surface area contributed by atoms with Gasteiger partial charge in [0.25, 0.3) is 0 Å². The monoisotopic (exact) mass is 311 g/mol. The van der Waals surface area contributed by atoms with Crippen LogP contribution in [0.5, 0.6) is 0 Å². The van der Waals surface area contributed by atoms with E-state index in [1.807, 2.05) is 27.7 Å². The number of hydrogen-bond donors (Lipinski definition) is 1. The van der Waals surface area contributed by atoms with Crippen molar-refractivity contribution in [3.63, 3.8) is 0 Å². The van der Waals surface area contributed by atoms with E-state index in [0.29, 0.717) is 11.7 Å².